The minimum Gasteiger partial charge on any atom is -0.371 e. The number of anilines is 3. The van der Waals surface area contributed by atoms with Gasteiger partial charge in [0.25, 0.3) is 5.56 Å². The van der Waals surface area contributed by atoms with E-state index >= 15 is 0 Å². The Balaban J connectivity index is 1.18. The first kappa shape index (κ1) is 25.1. The average molecular weight is 520 g/mol. The third kappa shape index (κ3) is 5.24. The van der Waals surface area contributed by atoms with E-state index in [4.69, 9.17) is 11.4 Å². The van der Waals surface area contributed by atoms with Gasteiger partial charge < -0.3 is 15.1 Å². The molecule has 2 saturated heterocycles. The zero-order valence-corrected chi connectivity index (χ0v) is 22.3. The van der Waals surface area contributed by atoms with Gasteiger partial charge in [0.1, 0.15) is 0 Å². The van der Waals surface area contributed by atoms with Crippen LogP contribution in [-0.4, -0.2) is 76.7 Å². The number of hydrogen-bond donors (Lipinski definition) is 1. The van der Waals surface area contributed by atoms with Crippen LogP contribution in [0.3, 0.4) is 0 Å². The Kier molecular flexibility index (Phi) is 7.01. The highest BCUT2D eigenvalue weighted by molar-refractivity contribution is 5.84. The summed E-state index contributed by atoms with van der Waals surface area (Å²) in [6, 6.07) is 20.0. The number of piperidine rings is 1. The predicted octanol–water partition coefficient (Wildman–Crippen LogP) is 3.72. The second kappa shape index (κ2) is 10.9. The van der Waals surface area contributed by atoms with Gasteiger partial charge in [-0.05, 0) is 56.3 Å². The molecule has 0 unspecified atom stereocenters. The molecule has 2 aliphatic heterocycles. The van der Waals surface area contributed by atoms with Gasteiger partial charge in [0.15, 0.2) is 5.65 Å². The van der Waals surface area contributed by atoms with E-state index < -0.39 is 0 Å². The lowest BCUT2D eigenvalue weighted by molar-refractivity contribution is 0.0982. The molecule has 1 N–H and O–H groups in total. The minimum absolute atomic E-state index is 0.230. The second-order valence-corrected chi connectivity index (χ2v) is 10.4. The van der Waals surface area contributed by atoms with Crippen LogP contribution in [0, 0.1) is 12.3 Å². The minimum atomic E-state index is -0.230. The number of hydrogen-bond acceptors (Lipinski definition) is 7. The summed E-state index contributed by atoms with van der Waals surface area (Å²) in [4.78, 5) is 29.7. The molecule has 198 valence electrons. The van der Waals surface area contributed by atoms with Gasteiger partial charge in [-0.15, -0.1) is 6.42 Å². The normalized spacial score (nSPS) is 17.3. The summed E-state index contributed by atoms with van der Waals surface area (Å²) in [7, 11) is 2.21. The smallest absolute Gasteiger partial charge is 0.258 e. The Morgan fingerprint density at radius 2 is 1.64 bits per heavy atom. The Labute approximate surface area is 228 Å². The maximum absolute atomic E-state index is 13.0. The van der Waals surface area contributed by atoms with Crippen molar-refractivity contribution in [3.05, 3.63) is 82.8 Å². The zero-order chi connectivity index (χ0) is 26.8. The summed E-state index contributed by atoms with van der Waals surface area (Å²) in [5, 5.41) is 3.95. The van der Waals surface area contributed by atoms with Gasteiger partial charge in [-0.1, -0.05) is 24.1 Å². The molecule has 0 amide bonds. The maximum Gasteiger partial charge on any atom is 0.258 e. The quantitative estimate of drug-likeness (QED) is 0.403. The van der Waals surface area contributed by atoms with Crippen molar-refractivity contribution in [1.29, 1.82) is 0 Å². The van der Waals surface area contributed by atoms with Crippen LogP contribution in [0.25, 0.3) is 16.7 Å². The van der Waals surface area contributed by atoms with E-state index in [1.165, 1.54) is 50.8 Å². The van der Waals surface area contributed by atoms with Crippen LogP contribution in [0.2, 0.25) is 0 Å². The van der Waals surface area contributed by atoms with Crippen molar-refractivity contribution in [2.45, 2.75) is 18.9 Å². The largest absolute Gasteiger partial charge is 0.371 e. The molecule has 4 heterocycles. The number of likely N-dealkylation sites (N-methyl/N-ethyl adjacent to an activating group) is 1. The molecule has 0 radical (unpaired) electrons. The number of nitrogens with one attached hydrogen (secondary N) is 1. The van der Waals surface area contributed by atoms with Crippen molar-refractivity contribution in [1.82, 2.24) is 24.3 Å². The zero-order valence-electron chi connectivity index (χ0n) is 22.3. The highest BCUT2D eigenvalue weighted by atomic mass is 16.1. The van der Waals surface area contributed by atoms with Crippen LogP contribution in [0.5, 0.6) is 0 Å². The molecule has 39 heavy (non-hydrogen) atoms. The van der Waals surface area contributed by atoms with E-state index in [2.05, 4.69) is 62.2 Å². The monoisotopic (exact) mass is 519 g/mol. The molecule has 6 rings (SSSR count). The predicted molar refractivity (Wildman–Crippen MR) is 157 cm³/mol. The molecule has 8 heteroatoms. The molecule has 8 nitrogen and oxygen atoms in total. The van der Waals surface area contributed by atoms with Crippen LogP contribution in [0.1, 0.15) is 18.4 Å². The fraction of sp³-hybridized carbons (Fsp3) is 0.323. The van der Waals surface area contributed by atoms with Crippen LogP contribution >= 0.6 is 0 Å². The molecule has 2 aromatic carbocycles. The number of piperazine rings is 1. The van der Waals surface area contributed by atoms with Crippen molar-refractivity contribution < 1.29 is 0 Å². The Morgan fingerprint density at radius 1 is 0.923 bits per heavy atom. The van der Waals surface area contributed by atoms with Gasteiger partial charge in [-0.2, -0.15) is 4.98 Å². The van der Waals surface area contributed by atoms with Gasteiger partial charge in [0.05, 0.1) is 11.1 Å². The van der Waals surface area contributed by atoms with Gasteiger partial charge in [-0.3, -0.25) is 14.3 Å². The molecule has 0 aliphatic carbocycles. The lowest BCUT2D eigenvalue weighted by Crippen LogP contribution is -2.52. The Hall–Kier alpha value is -4.19. The number of benzene rings is 2. The van der Waals surface area contributed by atoms with Gasteiger partial charge in [0, 0.05) is 74.5 Å². The molecule has 2 fully saturated rings. The number of aromatic nitrogens is 3. The first-order valence-corrected chi connectivity index (χ1v) is 13.6. The van der Waals surface area contributed by atoms with Gasteiger partial charge >= 0.3 is 0 Å². The van der Waals surface area contributed by atoms with Gasteiger partial charge in [0.2, 0.25) is 5.95 Å². The van der Waals surface area contributed by atoms with Crippen LogP contribution in [0.4, 0.5) is 17.3 Å². The summed E-state index contributed by atoms with van der Waals surface area (Å²) in [6.07, 6.45) is 9.77. The number of pyridine rings is 1. The molecule has 0 bridgehead atoms. The third-order valence-corrected chi connectivity index (χ3v) is 7.94. The summed E-state index contributed by atoms with van der Waals surface area (Å²) in [5.74, 6) is 3.00. The first-order valence-electron chi connectivity index (χ1n) is 13.6. The standard InChI is InChI=1S/C31H33N7O/c1-3-23-21-29(39)38(27-7-5-4-6-8-27)30-28(23)22-32-31(34-30)33-24-9-11-25(12-10-24)36-15-13-26(14-16-36)37-19-17-35(2)18-20-37/h1,4-12,21-22,26H,13-20H2,2H3,(H,32,33,34). The molecule has 0 saturated carbocycles. The second-order valence-electron chi connectivity index (χ2n) is 10.4. The molecule has 2 aromatic heterocycles. The molecular weight excluding hydrogens is 486 g/mol. The lowest BCUT2D eigenvalue weighted by Gasteiger charge is -2.42. The van der Waals surface area contributed by atoms with Gasteiger partial charge in [-0.25, -0.2) is 4.98 Å². The van der Waals surface area contributed by atoms with Crippen molar-refractivity contribution in [2.24, 2.45) is 0 Å². The number of terminal acetylenes is 1. The summed E-state index contributed by atoms with van der Waals surface area (Å²) in [5.41, 5.74) is 3.56. The van der Waals surface area contributed by atoms with E-state index in [-0.39, 0.29) is 5.56 Å². The fourth-order valence-electron chi connectivity index (χ4n) is 5.67. The molecule has 4 aromatic rings. The SMILES string of the molecule is C#Cc1cc(=O)n(-c2ccccc2)c2nc(Nc3ccc(N4CCC(N5CCN(C)CC5)CC4)cc3)ncc12. The van der Waals surface area contributed by atoms with Crippen LogP contribution in [0.15, 0.2) is 71.7 Å². The van der Waals surface area contributed by atoms with Crippen molar-refractivity contribution >= 4 is 28.4 Å². The number of para-hydroxylation sites is 1. The summed E-state index contributed by atoms with van der Waals surface area (Å²) in [6.45, 7) is 6.86. The maximum atomic E-state index is 13.0. The fourth-order valence-corrected chi connectivity index (χ4v) is 5.67. The number of rotatable bonds is 5. The van der Waals surface area contributed by atoms with E-state index in [0.717, 1.165) is 24.5 Å². The van der Waals surface area contributed by atoms with Crippen LogP contribution in [-0.2, 0) is 0 Å². The molecule has 0 spiro atoms. The van der Waals surface area contributed by atoms with Crippen molar-refractivity contribution in [3.63, 3.8) is 0 Å². The summed E-state index contributed by atoms with van der Waals surface area (Å²) >= 11 is 0. The van der Waals surface area contributed by atoms with Crippen molar-refractivity contribution in [3.8, 4) is 18.0 Å². The topological polar surface area (TPSA) is 69.5 Å². The van der Waals surface area contributed by atoms with E-state index in [0.29, 0.717) is 28.6 Å². The average Bonchev–Trinajstić information content (AvgIpc) is 2.98. The molecular formula is C31H33N7O. The van der Waals surface area contributed by atoms with Crippen molar-refractivity contribution in [2.75, 3.05) is 56.5 Å². The first-order chi connectivity index (χ1) is 19.1. The van der Waals surface area contributed by atoms with Crippen LogP contribution < -0.4 is 15.8 Å². The van der Waals surface area contributed by atoms with E-state index in [1.807, 2.05) is 30.3 Å². The highest BCUT2D eigenvalue weighted by Crippen LogP contribution is 2.26. The third-order valence-electron chi connectivity index (χ3n) is 7.94. The Morgan fingerprint density at radius 3 is 2.33 bits per heavy atom. The highest BCUT2D eigenvalue weighted by Gasteiger charge is 2.26. The number of fused-ring (bicyclic) bond motifs is 1. The number of nitrogens with zero attached hydrogens (tertiary/aromatic N) is 6. The van der Waals surface area contributed by atoms with E-state index in [1.54, 1.807) is 10.8 Å². The lowest BCUT2D eigenvalue weighted by atomic mass is 10.0. The molecule has 0 atom stereocenters. The van der Waals surface area contributed by atoms with E-state index in [9.17, 15) is 4.79 Å². The molecule has 2 aliphatic rings. The summed E-state index contributed by atoms with van der Waals surface area (Å²) < 4.78 is 1.57. The Bertz CT molecular complexity index is 1540.